The Balaban J connectivity index is 2.00. The van der Waals surface area contributed by atoms with Crippen LogP contribution in [0, 0.1) is 0 Å². The number of hydrogen-bond acceptors (Lipinski definition) is 4. The molecule has 126 valence electrons. The minimum absolute atomic E-state index is 0.0291. The molecule has 6 heteroatoms. The van der Waals surface area contributed by atoms with Gasteiger partial charge in [0.2, 0.25) is 5.91 Å². The second kappa shape index (κ2) is 9.05. The fourth-order valence-corrected chi connectivity index (χ4v) is 2.31. The third-order valence-corrected chi connectivity index (χ3v) is 3.58. The quantitative estimate of drug-likeness (QED) is 0.783. The number of carbonyl (C=O) groups excluding carboxylic acids is 2. The van der Waals surface area contributed by atoms with Crippen molar-refractivity contribution in [1.29, 1.82) is 0 Å². The predicted molar refractivity (Wildman–Crippen MR) is 93.8 cm³/mol. The molecule has 0 aliphatic carbocycles. The molecule has 2 rings (SSSR count). The van der Waals surface area contributed by atoms with Crippen LogP contribution >= 0.6 is 11.6 Å². The van der Waals surface area contributed by atoms with Crippen LogP contribution in [-0.2, 0) is 20.9 Å². The third-order valence-electron chi connectivity index (χ3n) is 3.32. The van der Waals surface area contributed by atoms with E-state index in [0.717, 1.165) is 5.56 Å². The number of amides is 1. The van der Waals surface area contributed by atoms with Gasteiger partial charge < -0.3 is 10.1 Å². The highest BCUT2D eigenvalue weighted by Crippen LogP contribution is 2.12. The second-order valence-corrected chi connectivity index (χ2v) is 5.70. The number of ether oxygens (including phenoxy) is 1. The highest BCUT2D eigenvalue weighted by Gasteiger charge is 2.15. The number of carbonyl (C=O) groups is 2. The largest absolute Gasteiger partial charge is 0.468 e. The van der Waals surface area contributed by atoms with Gasteiger partial charge in [-0.2, -0.15) is 0 Å². The summed E-state index contributed by atoms with van der Waals surface area (Å²) in [5.74, 6) is -0.587. The van der Waals surface area contributed by atoms with Crippen molar-refractivity contribution in [1.82, 2.24) is 4.90 Å². The Hall–Kier alpha value is -2.37. The summed E-state index contributed by atoms with van der Waals surface area (Å²) in [6.07, 6.45) is 0. The van der Waals surface area contributed by atoms with Crippen LogP contribution in [0.15, 0.2) is 54.6 Å². The predicted octanol–water partition coefficient (Wildman–Crippen LogP) is 2.95. The first-order chi connectivity index (χ1) is 11.6. The number of benzene rings is 2. The maximum absolute atomic E-state index is 12.2. The highest BCUT2D eigenvalue weighted by molar-refractivity contribution is 6.30. The first-order valence-electron chi connectivity index (χ1n) is 7.45. The van der Waals surface area contributed by atoms with Crippen molar-refractivity contribution in [2.45, 2.75) is 6.54 Å². The van der Waals surface area contributed by atoms with E-state index in [0.29, 0.717) is 17.3 Å². The number of para-hydroxylation sites is 1. The van der Waals surface area contributed by atoms with Gasteiger partial charge in [-0.25, -0.2) is 0 Å². The second-order valence-electron chi connectivity index (χ2n) is 5.26. The van der Waals surface area contributed by atoms with E-state index in [1.54, 1.807) is 17.0 Å². The molecule has 0 aromatic heterocycles. The molecule has 0 heterocycles. The molecule has 0 saturated carbocycles. The molecular formula is C18H19ClN2O3. The van der Waals surface area contributed by atoms with Crippen LogP contribution in [0.3, 0.4) is 0 Å². The molecule has 0 bridgehead atoms. The normalized spacial score (nSPS) is 10.5. The Morgan fingerprint density at radius 2 is 1.71 bits per heavy atom. The van der Waals surface area contributed by atoms with Crippen molar-refractivity contribution in [2.75, 3.05) is 25.5 Å². The van der Waals surface area contributed by atoms with Gasteiger partial charge in [0.25, 0.3) is 0 Å². The first kappa shape index (κ1) is 18.0. The number of rotatable bonds is 7. The van der Waals surface area contributed by atoms with E-state index in [4.69, 9.17) is 16.3 Å². The Morgan fingerprint density at radius 3 is 2.33 bits per heavy atom. The molecule has 24 heavy (non-hydrogen) atoms. The van der Waals surface area contributed by atoms with Crippen molar-refractivity contribution in [3.63, 3.8) is 0 Å². The maximum atomic E-state index is 12.2. The Kier molecular flexibility index (Phi) is 6.78. The van der Waals surface area contributed by atoms with Gasteiger partial charge in [0, 0.05) is 17.3 Å². The average molecular weight is 347 g/mol. The lowest BCUT2D eigenvalue weighted by Gasteiger charge is -2.20. The van der Waals surface area contributed by atoms with Crippen molar-refractivity contribution < 1.29 is 14.3 Å². The minimum Gasteiger partial charge on any atom is -0.468 e. The standard InChI is InChI=1S/C18H19ClN2O3/c1-24-18(23)13-21(11-14-7-9-15(19)10-8-14)12-17(22)20-16-5-3-2-4-6-16/h2-10H,11-13H2,1H3,(H,20,22). The number of methoxy groups -OCH3 is 1. The first-order valence-corrected chi connectivity index (χ1v) is 7.83. The van der Waals surface area contributed by atoms with Crippen LogP contribution in [0.25, 0.3) is 0 Å². The number of nitrogens with one attached hydrogen (secondary N) is 1. The summed E-state index contributed by atoms with van der Waals surface area (Å²) in [6.45, 7) is 0.544. The summed E-state index contributed by atoms with van der Waals surface area (Å²) in [5, 5.41) is 3.44. The highest BCUT2D eigenvalue weighted by atomic mass is 35.5. The van der Waals surface area contributed by atoms with E-state index in [1.165, 1.54) is 7.11 Å². The molecule has 0 atom stereocenters. The van der Waals surface area contributed by atoms with Crippen molar-refractivity contribution in [3.05, 3.63) is 65.2 Å². The monoisotopic (exact) mass is 346 g/mol. The van der Waals surface area contributed by atoms with E-state index in [-0.39, 0.29) is 19.0 Å². The zero-order chi connectivity index (χ0) is 17.4. The van der Waals surface area contributed by atoms with E-state index in [1.807, 2.05) is 42.5 Å². The van der Waals surface area contributed by atoms with E-state index in [9.17, 15) is 9.59 Å². The van der Waals surface area contributed by atoms with Gasteiger partial charge in [-0.1, -0.05) is 41.9 Å². The van der Waals surface area contributed by atoms with Crippen molar-refractivity contribution in [2.24, 2.45) is 0 Å². The fraction of sp³-hybridized carbons (Fsp3) is 0.222. The molecule has 0 unspecified atom stereocenters. The van der Waals surface area contributed by atoms with Crippen molar-refractivity contribution in [3.8, 4) is 0 Å². The molecule has 2 aromatic carbocycles. The number of hydrogen-bond donors (Lipinski definition) is 1. The average Bonchev–Trinajstić information content (AvgIpc) is 2.57. The Morgan fingerprint density at radius 1 is 1.04 bits per heavy atom. The molecule has 0 fully saturated rings. The van der Waals surface area contributed by atoms with Crippen molar-refractivity contribution >= 4 is 29.2 Å². The molecular weight excluding hydrogens is 328 g/mol. The van der Waals surface area contributed by atoms with Gasteiger partial charge in [-0.15, -0.1) is 0 Å². The third kappa shape index (κ3) is 6.02. The van der Waals surface area contributed by atoms with Crippen LogP contribution in [0.1, 0.15) is 5.56 Å². The van der Waals surface area contributed by atoms with Crippen LogP contribution in [0.5, 0.6) is 0 Å². The molecule has 1 amide bonds. The van der Waals surface area contributed by atoms with Gasteiger partial charge in [0.05, 0.1) is 20.2 Å². The summed E-state index contributed by atoms with van der Waals surface area (Å²) < 4.78 is 4.70. The lowest BCUT2D eigenvalue weighted by atomic mass is 10.2. The Labute approximate surface area is 146 Å². The summed E-state index contributed by atoms with van der Waals surface area (Å²) in [6, 6.07) is 16.5. The summed E-state index contributed by atoms with van der Waals surface area (Å²) >= 11 is 5.88. The molecule has 0 aliphatic rings. The number of esters is 1. The van der Waals surface area contributed by atoms with E-state index in [2.05, 4.69) is 5.32 Å². The topological polar surface area (TPSA) is 58.6 Å². The smallest absolute Gasteiger partial charge is 0.319 e. The summed E-state index contributed by atoms with van der Waals surface area (Å²) in [5.41, 5.74) is 1.67. The van der Waals surface area contributed by atoms with Gasteiger partial charge in [0.15, 0.2) is 0 Å². The maximum Gasteiger partial charge on any atom is 0.319 e. The summed E-state index contributed by atoms with van der Waals surface area (Å²) in [4.78, 5) is 25.5. The fourth-order valence-electron chi connectivity index (χ4n) is 2.19. The van der Waals surface area contributed by atoms with Crippen LogP contribution in [-0.4, -0.2) is 37.0 Å². The van der Waals surface area contributed by atoms with E-state index < -0.39 is 5.97 Å². The van der Waals surface area contributed by atoms with Gasteiger partial charge in [0.1, 0.15) is 0 Å². The molecule has 0 saturated heterocycles. The lowest BCUT2D eigenvalue weighted by Crippen LogP contribution is -2.36. The van der Waals surface area contributed by atoms with Crippen LogP contribution < -0.4 is 5.32 Å². The van der Waals surface area contributed by atoms with Gasteiger partial charge in [-0.3, -0.25) is 14.5 Å². The number of halogens is 1. The van der Waals surface area contributed by atoms with Crippen LogP contribution in [0.4, 0.5) is 5.69 Å². The Bertz CT molecular complexity index is 674. The number of nitrogens with zero attached hydrogens (tertiary/aromatic N) is 1. The summed E-state index contributed by atoms with van der Waals surface area (Å²) in [7, 11) is 1.33. The SMILES string of the molecule is COC(=O)CN(CC(=O)Nc1ccccc1)Cc1ccc(Cl)cc1. The van der Waals surface area contributed by atoms with Gasteiger partial charge >= 0.3 is 5.97 Å². The zero-order valence-corrected chi connectivity index (χ0v) is 14.1. The van der Waals surface area contributed by atoms with E-state index >= 15 is 0 Å². The zero-order valence-electron chi connectivity index (χ0n) is 13.4. The molecule has 5 nitrogen and oxygen atoms in total. The lowest BCUT2D eigenvalue weighted by molar-refractivity contribution is -0.142. The van der Waals surface area contributed by atoms with Crippen LogP contribution in [0.2, 0.25) is 5.02 Å². The number of anilines is 1. The molecule has 0 radical (unpaired) electrons. The molecule has 2 aromatic rings. The molecule has 0 aliphatic heterocycles. The molecule has 1 N–H and O–H groups in total. The molecule has 0 spiro atoms. The van der Waals surface area contributed by atoms with Gasteiger partial charge in [-0.05, 0) is 29.8 Å². The minimum atomic E-state index is -0.392.